The van der Waals surface area contributed by atoms with E-state index in [-0.39, 0.29) is 16.1 Å². The quantitative estimate of drug-likeness (QED) is 0.491. The molecule has 0 atom stereocenters. The number of nitrogens with one attached hydrogen (secondary N) is 2. The number of hydrogen-bond donors (Lipinski definition) is 2. The molecule has 1 heterocycles. The van der Waals surface area contributed by atoms with E-state index in [9.17, 15) is 17.6 Å². The summed E-state index contributed by atoms with van der Waals surface area (Å²) in [6, 6.07) is 18.4. The molecule has 0 fully saturated rings. The van der Waals surface area contributed by atoms with E-state index >= 15 is 0 Å². The second-order valence-corrected chi connectivity index (χ2v) is 8.77. The summed E-state index contributed by atoms with van der Waals surface area (Å²) in [6.07, 6.45) is 0. The number of nitrogens with zero attached hydrogens (tertiary/aromatic N) is 1. The largest absolute Gasteiger partial charge is 0.298 e. The molecule has 1 aromatic heterocycles. The lowest BCUT2D eigenvalue weighted by Crippen LogP contribution is -2.16. The molecule has 0 spiro atoms. The SMILES string of the molecule is O=C(Nc1nc2ccccc2s1)c1cccc(S(=O)(=O)Nc2ccccc2F)c1. The highest BCUT2D eigenvalue weighted by Crippen LogP contribution is 2.26. The number of benzene rings is 3. The first-order valence-electron chi connectivity index (χ1n) is 8.47. The summed E-state index contributed by atoms with van der Waals surface area (Å²) in [6.45, 7) is 0. The Labute approximate surface area is 170 Å². The van der Waals surface area contributed by atoms with E-state index in [1.165, 1.54) is 53.8 Å². The molecule has 0 aliphatic carbocycles. The third kappa shape index (κ3) is 4.10. The van der Waals surface area contributed by atoms with Crippen LogP contribution in [0.4, 0.5) is 15.2 Å². The van der Waals surface area contributed by atoms with Crippen LogP contribution in [-0.4, -0.2) is 19.3 Å². The molecule has 0 radical (unpaired) electrons. The highest BCUT2D eigenvalue weighted by atomic mass is 32.2. The Balaban J connectivity index is 1.57. The van der Waals surface area contributed by atoms with Gasteiger partial charge in [0, 0.05) is 5.56 Å². The van der Waals surface area contributed by atoms with Gasteiger partial charge in [-0.3, -0.25) is 14.8 Å². The van der Waals surface area contributed by atoms with Crippen molar-refractivity contribution < 1.29 is 17.6 Å². The number of carbonyl (C=O) groups excluding carboxylic acids is 1. The fraction of sp³-hybridized carbons (Fsp3) is 0. The molecule has 2 N–H and O–H groups in total. The van der Waals surface area contributed by atoms with E-state index in [4.69, 9.17) is 0 Å². The normalized spacial score (nSPS) is 11.3. The first-order chi connectivity index (χ1) is 13.9. The number of carbonyl (C=O) groups is 1. The number of aromatic nitrogens is 1. The first kappa shape index (κ1) is 19.0. The zero-order valence-corrected chi connectivity index (χ0v) is 16.4. The molecular weight excluding hydrogens is 413 g/mol. The fourth-order valence-electron chi connectivity index (χ4n) is 2.65. The lowest BCUT2D eigenvalue weighted by atomic mass is 10.2. The van der Waals surface area contributed by atoms with Gasteiger partial charge in [-0.15, -0.1) is 0 Å². The van der Waals surface area contributed by atoms with E-state index < -0.39 is 21.7 Å². The molecule has 0 saturated heterocycles. The number of rotatable bonds is 5. The summed E-state index contributed by atoms with van der Waals surface area (Å²) in [7, 11) is -4.07. The van der Waals surface area contributed by atoms with E-state index in [1.807, 2.05) is 24.3 Å². The predicted octanol–water partition coefficient (Wildman–Crippen LogP) is 4.49. The van der Waals surface area contributed by atoms with Gasteiger partial charge in [-0.1, -0.05) is 41.7 Å². The molecule has 0 aliphatic heterocycles. The van der Waals surface area contributed by atoms with Crippen LogP contribution < -0.4 is 10.0 Å². The number of amides is 1. The number of para-hydroxylation sites is 2. The molecule has 29 heavy (non-hydrogen) atoms. The minimum Gasteiger partial charge on any atom is -0.298 e. The zero-order valence-electron chi connectivity index (χ0n) is 14.8. The first-order valence-corrected chi connectivity index (χ1v) is 10.8. The Kier molecular flexibility index (Phi) is 4.99. The minimum absolute atomic E-state index is 0.140. The highest BCUT2D eigenvalue weighted by Gasteiger charge is 2.18. The fourth-order valence-corrected chi connectivity index (χ4v) is 4.62. The summed E-state index contributed by atoms with van der Waals surface area (Å²) in [4.78, 5) is 16.7. The molecule has 0 unspecified atom stereocenters. The maximum atomic E-state index is 13.8. The van der Waals surface area contributed by atoms with Crippen LogP contribution in [0.25, 0.3) is 10.2 Å². The Morgan fingerprint density at radius 3 is 2.52 bits per heavy atom. The van der Waals surface area contributed by atoms with Crippen molar-refractivity contribution in [3.8, 4) is 0 Å². The van der Waals surface area contributed by atoms with Gasteiger partial charge in [-0.25, -0.2) is 17.8 Å². The van der Waals surface area contributed by atoms with Crippen molar-refractivity contribution in [3.05, 3.63) is 84.2 Å². The minimum atomic E-state index is -4.07. The molecule has 4 rings (SSSR count). The Bertz CT molecular complexity index is 1290. The summed E-state index contributed by atoms with van der Waals surface area (Å²) >= 11 is 1.32. The van der Waals surface area contributed by atoms with Crippen molar-refractivity contribution in [3.63, 3.8) is 0 Å². The molecule has 4 aromatic rings. The van der Waals surface area contributed by atoms with Crippen LogP contribution in [-0.2, 0) is 10.0 Å². The molecular formula is C20H14FN3O3S2. The maximum Gasteiger partial charge on any atom is 0.262 e. The van der Waals surface area contributed by atoms with E-state index in [0.717, 1.165) is 16.3 Å². The third-order valence-corrected chi connectivity index (χ3v) is 6.35. The maximum absolute atomic E-state index is 13.8. The number of hydrogen-bond acceptors (Lipinski definition) is 5. The van der Waals surface area contributed by atoms with Gasteiger partial charge >= 0.3 is 0 Å². The van der Waals surface area contributed by atoms with Gasteiger partial charge in [0.15, 0.2) is 5.13 Å². The van der Waals surface area contributed by atoms with Crippen LogP contribution in [0.2, 0.25) is 0 Å². The van der Waals surface area contributed by atoms with Crippen molar-refractivity contribution in [2.75, 3.05) is 10.0 Å². The standard InChI is InChI=1S/C20H14FN3O3S2/c21-15-8-1-2-9-16(15)24-29(26,27)14-7-5-6-13(12-14)19(25)23-20-22-17-10-3-4-11-18(17)28-20/h1-12,24H,(H,22,23,25). The number of anilines is 2. The molecule has 9 heteroatoms. The van der Waals surface area contributed by atoms with Gasteiger partial charge in [-0.05, 0) is 42.5 Å². The molecule has 1 amide bonds. The molecule has 0 bridgehead atoms. The van der Waals surface area contributed by atoms with Crippen molar-refractivity contribution in [2.45, 2.75) is 4.90 Å². The van der Waals surface area contributed by atoms with Crippen LogP contribution in [0.3, 0.4) is 0 Å². The zero-order chi connectivity index (χ0) is 20.4. The number of fused-ring (bicyclic) bond motifs is 1. The van der Waals surface area contributed by atoms with Gasteiger partial charge in [0.25, 0.3) is 15.9 Å². The number of sulfonamides is 1. The summed E-state index contributed by atoms with van der Waals surface area (Å²) in [5, 5.41) is 3.09. The van der Waals surface area contributed by atoms with Crippen LogP contribution in [0.1, 0.15) is 10.4 Å². The van der Waals surface area contributed by atoms with Gasteiger partial charge in [0.05, 0.1) is 20.8 Å². The van der Waals surface area contributed by atoms with E-state index in [1.54, 1.807) is 0 Å². The van der Waals surface area contributed by atoms with Crippen molar-refractivity contribution in [2.24, 2.45) is 0 Å². The smallest absolute Gasteiger partial charge is 0.262 e. The van der Waals surface area contributed by atoms with Gasteiger partial charge in [0.2, 0.25) is 0 Å². The third-order valence-electron chi connectivity index (χ3n) is 4.04. The Morgan fingerprint density at radius 1 is 0.966 bits per heavy atom. The number of thiazole rings is 1. The molecule has 0 aliphatic rings. The Hall–Kier alpha value is -3.30. The number of halogens is 1. The van der Waals surface area contributed by atoms with Crippen molar-refractivity contribution in [1.29, 1.82) is 0 Å². The van der Waals surface area contributed by atoms with E-state index in [2.05, 4.69) is 15.0 Å². The average Bonchev–Trinajstić information content (AvgIpc) is 3.12. The summed E-state index contributed by atoms with van der Waals surface area (Å²) in [5.41, 5.74) is 0.732. The second-order valence-electron chi connectivity index (χ2n) is 6.05. The summed E-state index contributed by atoms with van der Waals surface area (Å²) in [5.74, 6) is -1.19. The Morgan fingerprint density at radius 2 is 1.72 bits per heavy atom. The summed E-state index contributed by atoms with van der Waals surface area (Å²) < 4.78 is 42.1. The van der Waals surface area contributed by atoms with Crippen LogP contribution in [0.15, 0.2) is 77.7 Å². The molecule has 146 valence electrons. The van der Waals surface area contributed by atoms with Crippen LogP contribution in [0.5, 0.6) is 0 Å². The van der Waals surface area contributed by atoms with Gasteiger partial charge in [-0.2, -0.15) is 0 Å². The van der Waals surface area contributed by atoms with Crippen molar-refractivity contribution >= 4 is 48.3 Å². The molecule has 6 nitrogen and oxygen atoms in total. The monoisotopic (exact) mass is 427 g/mol. The van der Waals surface area contributed by atoms with Crippen LogP contribution in [0, 0.1) is 5.82 Å². The molecule has 0 saturated carbocycles. The van der Waals surface area contributed by atoms with Gasteiger partial charge < -0.3 is 0 Å². The van der Waals surface area contributed by atoms with Gasteiger partial charge in [0.1, 0.15) is 5.82 Å². The lowest BCUT2D eigenvalue weighted by Gasteiger charge is -2.10. The average molecular weight is 427 g/mol. The van der Waals surface area contributed by atoms with Crippen molar-refractivity contribution in [1.82, 2.24) is 4.98 Å². The second kappa shape index (κ2) is 7.61. The highest BCUT2D eigenvalue weighted by molar-refractivity contribution is 7.92. The topological polar surface area (TPSA) is 88.2 Å². The van der Waals surface area contributed by atoms with E-state index in [0.29, 0.717) is 5.13 Å². The lowest BCUT2D eigenvalue weighted by molar-refractivity contribution is 0.102. The predicted molar refractivity (Wildman–Crippen MR) is 111 cm³/mol. The van der Waals surface area contributed by atoms with Crippen LogP contribution >= 0.6 is 11.3 Å². The molecule has 3 aromatic carbocycles.